The molecule has 0 amide bonds. The molecule has 0 unspecified atom stereocenters. The molecule has 0 N–H and O–H groups in total. The van der Waals surface area contributed by atoms with E-state index in [2.05, 4.69) is 4.99 Å². The zero-order chi connectivity index (χ0) is 27.8. The molecule has 7 nitrogen and oxygen atoms in total. The van der Waals surface area contributed by atoms with E-state index in [-0.39, 0.29) is 12.2 Å². The number of thiazole rings is 1. The van der Waals surface area contributed by atoms with Crippen molar-refractivity contribution >= 4 is 52.3 Å². The van der Waals surface area contributed by atoms with Crippen LogP contribution in [0.25, 0.3) is 17.4 Å². The van der Waals surface area contributed by atoms with E-state index in [1.807, 2.05) is 49.3 Å². The summed E-state index contributed by atoms with van der Waals surface area (Å²) in [5, 5.41) is 0.878. The van der Waals surface area contributed by atoms with E-state index >= 15 is 0 Å². The minimum atomic E-state index is -0.679. The zero-order valence-electron chi connectivity index (χ0n) is 21.7. The van der Waals surface area contributed by atoms with Gasteiger partial charge in [-0.2, -0.15) is 0 Å². The highest BCUT2D eigenvalue weighted by atomic mass is 35.5. The summed E-state index contributed by atoms with van der Waals surface area (Å²) in [4.78, 5) is 34.0. The Labute approximate surface area is 238 Å². The Morgan fingerprint density at radius 1 is 1.13 bits per heavy atom. The molecule has 4 aromatic rings. The topological polar surface area (TPSA) is 77.0 Å². The first-order valence-corrected chi connectivity index (χ1v) is 13.8. The molecular weight excluding hydrogens is 557 g/mol. The maximum Gasteiger partial charge on any atom is 0.338 e. The van der Waals surface area contributed by atoms with Crippen molar-refractivity contribution in [1.82, 2.24) is 4.57 Å². The van der Waals surface area contributed by atoms with Crippen molar-refractivity contribution in [3.63, 3.8) is 0 Å². The number of nitrogens with zero attached hydrogens (tertiary/aromatic N) is 3. The Balaban J connectivity index is 1.62. The summed E-state index contributed by atoms with van der Waals surface area (Å²) in [5.41, 5.74) is 3.13. The number of hydrogen-bond acceptors (Lipinski definition) is 7. The van der Waals surface area contributed by atoms with Crippen molar-refractivity contribution in [2.75, 3.05) is 25.6 Å². The van der Waals surface area contributed by atoms with Gasteiger partial charge in [-0.15, -0.1) is 0 Å². The van der Waals surface area contributed by atoms with Gasteiger partial charge < -0.3 is 14.1 Å². The standard InChI is InChI=1S/C29H25Cl2N3O4S/c1-5-37-28(36)25-16(2)32-29-34(26(25)17-6-9-19(10-7-17)33(3)4)27(35)24(39-29)15-20-11-13-23(38-20)18-8-12-21(30)22(31)14-18/h6-15,26H,5H2,1-4H3/b24-15+/t26-/m1/s1. The van der Waals surface area contributed by atoms with E-state index in [0.717, 1.165) is 16.8 Å². The molecular formula is C29H25Cl2N3O4S. The molecule has 39 heavy (non-hydrogen) atoms. The third kappa shape index (κ3) is 5.20. The van der Waals surface area contributed by atoms with Crippen molar-refractivity contribution in [2.45, 2.75) is 19.9 Å². The van der Waals surface area contributed by atoms with Gasteiger partial charge in [0.2, 0.25) is 0 Å². The van der Waals surface area contributed by atoms with Gasteiger partial charge in [0.25, 0.3) is 5.56 Å². The molecule has 0 fully saturated rings. The van der Waals surface area contributed by atoms with E-state index in [0.29, 0.717) is 42.2 Å². The number of fused-ring (bicyclic) bond motifs is 1. The lowest BCUT2D eigenvalue weighted by molar-refractivity contribution is -0.139. The fraction of sp³-hybridized carbons (Fsp3) is 0.207. The first-order valence-electron chi connectivity index (χ1n) is 12.2. The number of furan rings is 1. The monoisotopic (exact) mass is 581 g/mol. The summed E-state index contributed by atoms with van der Waals surface area (Å²) >= 11 is 13.4. The van der Waals surface area contributed by atoms with Crippen LogP contribution < -0.4 is 19.8 Å². The number of carbonyl (C=O) groups is 1. The van der Waals surface area contributed by atoms with Crippen LogP contribution >= 0.6 is 34.5 Å². The number of benzene rings is 2. The summed E-state index contributed by atoms with van der Waals surface area (Å²) < 4.78 is 13.3. The Morgan fingerprint density at radius 3 is 2.54 bits per heavy atom. The molecule has 1 aliphatic rings. The normalized spacial score (nSPS) is 15.2. The van der Waals surface area contributed by atoms with Crippen LogP contribution in [-0.4, -0.2) is 31.2 Å². The predicted molar refractivity (Wildman–Crippen MR) is 155 cm³/mol. The number of anilines is 1. The van der Waals surface area contributed by atoms with Gasteiger partial charge in [0.15, 0.2) is 4.80 Å². The summed E-state index contributed by atoms with van der Waals surface area (Å²) in [6.45, 7) is 3.73. The molecule has 2 aromatic heterocycles. The number of allylic oxidation sites excluding steroid dienone is 1. The number of halogens is 2. The van der Waals surface area contributed by atoms with Crippen molar-refractivity contribution < 1.29 is 13.9 Å². The molecule has 5 rings (SSSR count). The van der Waals surface area contributed by atoms with Gasteiger partial charge >= 0.3 is 5.97 Å². The molecule has 0 saturated heterocycles. The Kier molecular flexibility index (Phi) is 7.53. The summed E-state index contributed by atoms with van der Waals surface area (Å²) in [5.74, 6) is 0.591. The Bertz CT molecular complexity index is 1780. The predicted octanol–water partition coefficient (Wildman–Crippen LogP) is 5.43. The molecule has 0 spiro atoms. The smallest absolute Gasteiger partial charge is 0.338 e. The summed E-state index contributed by atoms with van der Waals surface area (Å²) in [6, 6.07) is 15.9. The van der Waals surface area contributed by atoms with Crippen molar-refractivity contribution in [2.24, 2.45) is 4.99 Å². The quantitative estimate of drug-likeness (QED) is 0.284. The summed E-state index contributed by atoms with van der Waals surface area (Å²) in [6.07, 6.45) is 1.68. The van der Waals surface area contributed by atoms with Crippen LogP contribution in [0.15, 0.2) is 80.1 Å². The van der Waals surface area contributed by atoms with Gasteiger partial charge in [-0.25, -0.2) is 9.79 Å². The number of aromatic nitrogens is 1. The number of ether oxygens (including phenoxy) is 1. The van der Waals surface area contributed by atoms with Gasteiger partial charge in [-0.3, -0.25) is 9.36 Å². The van der Waals surface area contributed by atoms with Crippen LogP contribution in [0, 0.1) is 0 Å². The molecule has 2 aromatic carbocycles. The molecule has 10 heteroatoms. The summed E-state index contributed by atoms with van der Waals surface area (Å²) in [7, 11) is 3.90. The van der Waals surface area contributed by atoms with Crippen LogP contribution in [-0.2, 0) is 9.53 Å². The highest BCUT2D eigenvalue weighted by Crippen LogP contribution is 2.32. The van der Waals surface area contributed by atoms with Gasteiger partial charge in [-0.05, 0) is 61.9 Å². The lowest BCUT2D eigenvalue weighted by Crippen LogP contribution is -2.39. The third-order valence-corrected chi connectivity index (χ3v) is 8.07. The van der Waals surface area contributed by atoms with Crippen LogP contribution in [0.4, 0.5) is 5.69 Å². The lowest BCUT2D eigenvalue weighted by Gasteiger charge is -2.25. The maximum atomic E-state index is 13.8. The molecule has 3 heterocycles. The molecule has 1 atom stereocenters. The van der Waals surface area contributed by atoms with Crippen molar-refractivity contribution in [1.29, 1.82) is 0 Å². The second-order valence-corrected chi connectivity index (χ2v) is 10.9. The lowest BCUT2D eigenvalue weighted by atomic mass is 9.95. The fourth-order valence-corrected chi connectivity index (χ4v) is 5.75. The second-order valence-electron chi connectivity index (χ2n) is 9.12. The minimum Gasteiger partial charge on any atom is -0.463 e. The molecule has 0 radical (unpaired) electrons. The SMILES string of the molecule is CCOC(=O)C1=C(C)N=c2s/c(=C/c3ccc(-c4ccc(Cl)c(Cl)c4)o3)c(=O)n2[C@@H]1c1ccc(N(C)C)cc1. The minimum absolute atomic E-state index is 0.214. The van der Waals surface area contributed by atoms with Gasteiger partial charge in [-0.1, -0.05) is 46.7 Å². The van der Waals surface area contributed by atoms with Gasteiger partial charge in [0, 0.05) is 31.4 Å². The average molecular weight is 583 g/mol. The number of esters is 1. The molecule has 0 bridgehead atoms. The highest BCUT2D eigenvalue weighted by molar-refractivity contribution is 7.07. The Morgan fingerprint density at radius 2 is 1.87 bits per heavy atom. The van der Waals surface area contributed by atoms with Gasteiger partial charge in [0.05, 0.1) is 38.5 Å². The second kappa shape index (κ2) is 10.9. The zero-order valence-corrected chi connectivity index (χ0v) is 24.0. The van der Waals surface area contributed by atoms with E-state index in [1.54, 1.807) is 48.8 Å². The fourth-order valence-electron chi connectivity index (χ4n) is 4.43. The number of carbonyl (C=O) groups excluding carboxylic acids is 1. The first-order chi connectivity index (χ1) is 18.7. The molecule has 200 valence electrons. The van der Waals surface area contributed by atoms with Crippen LogP contribution in [0.3, 0.4) is 0 Å². The van der Waals surface area contributed by atoms with Crippen LogP contribution in [0.5, 0.6) is 0 Å². The van der Waals surface area contributed by atoms with Crippen LogP contribution in [0.1, 0.15) is 31.2 Å². The van der Waals surface area contributed by atoms with E-state index in [4.69, 9.17) is 32.4 Å². The maximum absolute atomic E-state index is 13.8. The number of rotatable bonds is 6. The third-order valence-electron chi connectivity index (χ3n) is 6.35. The average Bonchev–Trinajstić information content (AvgIpc) is 3.49. The van der Waals surface area contributed by atoms with E-state index in [9.17, 15) is 9.59 Å². The molecule has 0 saturated carbocycles. The van der Waals surface area contributed by atoms with Crippen LogP contribution in [0.2, 0.25) is 10.0 Å². The largest absolute Gasteiger partial charge is 0.463 e. The van der Waals surface area contributed by atoms with Crippen molar-refractivity contribution in [3.8, 4) is 11.3 Å². The Hall–Kier alpha value is -3.59. The van der Waals surface area contributed by atoms with E-state index in [1.165, 1.54) is 11.3 Å². The molecule has 0 aliphatic carbocycles. The highest BCUT2D eigenvalue weighted by Gasteiger charge is 2.33. The number of hydrogen-bond donors (Lipinski definition) is 0. The first kappa shape index (κ1) is 27.0. The van der Waals surface area contributed by atoms with Gasteiger partial charge in [0.1, 0.15) is 11.5 Å². The van der Waals surface area contributed by atoms with E-state index < -0.39 is 12.0 Å². The molecule has 1 aliphatic heterocycles. The van der Waals surface area contributed by atoms with Crippen molar-refractivity contribution in [3.05, 3.63) is 107 Å².